The van der Waals surface area contributed by atoms with E-state index in [1.165, 1.54) is 0 Å². The number of carbonyl (C=O) groups is 1. The number of nitrogens with zero attached hydrogens (tertiary/aromatic N) is 4. The van der Waals surface area contributed by atoms with Crippen LogP contribution in [0.2, 0.25) is 10.0 Å². The largest absolute Gasteiger partial charge is 0.370 e. The molecular formula is C24H34Cl2N6O3S. The molecule has 0 aliphatic carbocycles. The molecule has 0 bridgehead atoms. The maximum atomic E-state index is 12.0. The van der Waals surface area contributed by atoms with Gasteiger partial charge >= 0.3 is 0 Å². The van der Waals surface area contributed by atoms with Crippen LogP contribution in [-0.2, 0) is 20.8 Å². The molecule has 1 aliphatic rings. The Hall–Kier alpha value is -1.82. The van der Waals surface area contributed by atoms with Crippen molar-refractivity contribution in [3.8, 4) is 0 Å². The molecule has 36 heavy (non-hydrogen) atoms. The second-order valence-electron chi connectivity index (χ2n) is 8.38. The lowest BCUT2D eigenvalue weighted by atomic mass is 10.2. The summed E-state index contributed by atoms with van der Waals surface area (Å²) in [6, 6.07) is 7.31. The Bertz CT molecular complexity index is 990. The highest BCUT2D eigenvalue weighted by Crippen LogP contribution is 2.23. The number of carbonyl (C=O) groups excluding carboxylic acids is 1. The Labute approximate surface area is 227 Å². The third-order valence-corrected chi connectivity index (χ3v) is 6.96. The summed E-state index contributed by atoms with van der Waals surface area (Å²) < 4.78 is 10.5. The van der Waals surface area contributed by atoms with Gasteiger partial charge < -0.3 is 25.0 Å². The zero-order chi connectivity index (χ0) is 25.9. The summed E-state index contributed by atoms with van der Waals surface area (Å²) in [6.45, 7) is 4.66. The lowest BCUT2D eigenvalue weighted by Crippen LogP contribution is -2.48. The average molecular weight is 558 g/mol. The summed E-state index contributed by atoms with van der Waals surface area (Å²) in [7, 11) is 3.24. The van der Waals surface area contributed by atoms with Gasteiger partial charge in [0.2, 0.25) is 5.95 Å². The predicted molar refractivity (Wildman–Crippen MR) is 149 cm³/mol. The highest BCUT2D eigenvalue weighted by atomic mass is 35.5. The molecule has 0 saturated carbocycles. The van der Waals surface area contributed by atoms with E-state index >= 15 is 0 Å². The number of hydrogen-bond donors (Lipinski definition) is 2. The molecule has 0 unspecified atom stereocenters. The molecule has 2 heterocycles. The first-order valence-electron chi connectivity index (χ1n) is 11.8. The van der Waals surface area contributed by atoms with Crippen molar-refractivity contribution in [1.82, 2.24) is 14.9 Å². The summed E-state index contributed by atoms with van der Waals surface area (Å²) in [5, 5.41) is 7.90. The summed E-state index contributed by atoms with van der Waals surface area (Å²) in [4.78, 5) is 25.9. The minimum atomic E-state index is -0.287. The molecule has 1 aromatic heterocycles. The van der Waals surface area contributed by atoms with Crippen LogP contribution >= 0.6 is 35.0 Å². The normalized spacial score (nSPS) is 14.3. The van der Waals surface area contributed by atoms with Crippen LogP contribution in [0, 0.1) is 0 Å². The van der Waals surface area contributed by atoms with Crippen molar-refractivity contribution < 1.29 is 14.3 Å². The van der Waals surface area contributed by atoms with Crippen LogP contribution in [0.4, 0.5) is 17.6 Å². The van der Waals surface area contributed by atoms with Crippen LogP contribution in [0.1, 0.15) is 12.0 Å². The first-order valence-corrected chi connectivity index (χ1v) is 13.9. The quantitative estimate of drug-likeness (QED) is 0.334. The molecule has 1 saturated heterocycles. The zero-order valence-electron chi connectivity index (χ0n) is 20.9. The number of ketones is 1. The molecular weight excluding hydrogens is 523 g/mol. The van der Waals surface area contributed by atoms with Gasteiger partial charge in [-0.2, -0.15) is 21.7 Å². The third-order valence-electron chi connectivity index (χ3n) is 5.76. The standard InChI is InChI=1S/C24H34Cl2N6O3S/c1-34-23(35-2)6-7-27-21-13-22(28-14-17-4-5-18(25)12-20(17)26)30-24(29-21)32-10-8-31(9-11-32)15-19(33)16-36-3/h4-5,12-13,23H,6-11,14-16H2,1-3H3,(H2,27,28,29,30). The summed E-state index contributed by atoms with van der Waals surface area (Å²) >= 11 is 13.9. The minimum Gasteiger partial charge on any atom is -0.370 e. The van der Waals surface area contributed by atoms with E-state index in [0.29, 0.717) is 59.4 Å². The zero-order valence-corrected chi connectivity index (χ0v) is 23.3. The van der Waals surface area contributed by atoms with Crippen LogP contribution < -0.4 is 15.5 Å². The number of Topliss-reactive ketones (excluding diaryl/α,β-unsaturated/α-hetero) is 1. The van der Waals surface area contributed by atoms with Gasteiger partial charge in [0.15, 0.2) is 12.1 Å². The van der Waals surface area contributed by atoms with E-state index in [1.807, 2.05) is 24.5 Å². The molecule has 2 N–H and O–H groups in total. The van der Waals surface area contributed by atoms with Gasteiger partial charge in [-0.15, -0.1) is 0 Å². The van der Waals surface area contributed by atoms with Crippen molar-refractivity contribution in [2.75, 3.05) is 81.0 Å². The minimum absolute atomic E-state index is 0.260. The number of benzene rings is 1. The Kier molecular flexibility index (Phi) is 11.8. The highest BCUT2D eigenvalue weighted by molar-refractivity contribution is 7.99. The molecule has 0 atom stereocenters. The molecule has 0 radical (unpaired) electrons. The van der Waals surface area contributed by atoms with Crippen molar-refractivity contribution in [2.45, 2.75) is 19.3 Å². The molecule has 3 rings (SSSR count). The SMILES string of the molecule is COC(CCNc1cc(NCc2ccc(Cl)cc2Cl)nc(N2CCN(CC(=O)CSC)CC2)n1)OC. The van der Waals surface area contributed by atoms with Crippen molar-refractivity contribution in [2.24, 2.45) is 0 Å². The molecule has 1 aromatic carbocycles. The maximum Gasteiger partial charge on any atom is 0.229 e. The van der Waals surface area contributed by atoms with Crippen molar-refractivity contribution >= 4 is 58.3 Å². The van der Waals surface area contributed by atoms with Gasteiger partial charge in [0, 0.05) is 76.0 Å². The van der Waals surface area contributed by atoms with E-state index in [2.05, 4.69) is 20.4 Å². The van der Waals surface area contributed by atoms with E-state index in [9.17, 15) is 4.79 Å². The molecule has 0 spiro atoms. The Morgan fingerprint density at radius 2 is 1.78 bits per heavy atom. The van der Waals surface area contributed by atoms with Crippen molar-refractivity contribution in [1.29, 1.82) is 0 Å². The Morgan fingerprint density at radius 3 is 2.42 bits per heavy atom. The second kappa shape index (κ2) is 14.8. The van der Waals surface area contributed by atoms with Gasteiger partial charge in [0.05, 0.1) is 12.3 Å². The first-order chi connectivity index (χ1) is 17.4. The number of nitrogens with one attached hydrogen (secondary N) is 2. The second-order valence-corrected chi connectivity index (χ2v) is 10.1. The van der Waals surface area contributed by atoms with Gasteiger partial charge in [-0.1, -0.05) is 29.3 Å². The Morgan fingerprint density at radius 1 is 1.08 bits per heavy atom. The fraction of sp³-hybridized carbons (Fsp3) is 0.542. The number of methoxy groups -OCH3 is 2. The maximum absolute atomic E-state index is 12.0. The first kappa shape index (κ1) is 28.7. The van der Waals surface area contributed by atoms with Gasteiger partial charge in [0.25, 0.3) is 0 Å². The molecule has 1 fully saturated rings. The van der Waals surface area contributed by atoms with Crippen LogP contribution in [0.3, 0.4) is 0 Å². The highest BCUT2D eigenvalue weighted by Gasteiger charge is 2.21. The molecule has 0 amide bonds. The number of hydrogen-bond acceptors (Lipinski definition) is 10. The van der Waals surface area contributed by atoms with Crippen LogP contribution in [-0.4, -0.2) is 92.4 Å². The van der Waals surface area contributed by atoms with Crippen LogP contribution in [0.5, 0.6) is 0 Å². The fourth-order valence-corrected chi connectivity index (χ4v) is 4.71. The molecule has 1 aliphatic heterocycles. The third kappa shape index (κ3) is 8.93. The Balaban J connectivity index is 1.69. The smallest absolute Gasteiger partial charge is 0.229 e. The van der Waals surface area contributed by atoms with Gasteiger partial charge in [-0.05, 0) is 24.0 Å². The van der Waals surface area contributed by atoms with E-state index in [4.69, 9.17) is 42.6 Å². The molecule has 12 heteroatoms. The van der Waals surface area contributed by atoms with Gasteiger partial charge in [0.1, 0.15) is 11.6 Å². The van der Waals surface area contributed by atoms with Gasteiger partial charge in [-0.25, -0.2) is 0 Å². The lowest BCUT2D eigenvalue weighted by molar-refractivity contribution is -0.117. The summed E-state index contributed by atoms with van der Waals surface area (Å²) in [6.07, 6.45) is 2.33. The number of anilines is 3. The van der Waals surface area contributed by atoms with Crippen molar-refractivity contribution in [3.05, 3.63) is 39.9 Å². The van der Waals surface area contributed by atoms with E-state index in [1.54, 1.807) is 32.0 Å². The number of aromatic nitrogens is 2. The predicted octanol–water partition coefficient (Wildman–Crippen LogP) is 3.87. The number of thioether (sulfide) groups is 1. The van der Waals surface area contributed by atoms with E-state index < -0.39 is 0 Å². The molecule has 2 aromatic rings. The van der Waals surface area contributed by atoms with Crippen LogP contribution in [0.25, 0.3) is 0 Å². The number of halogens is 2. The molecule has 198 valence electrons. The van der Waals surface area contributed by atoms with Gasteiger partial charge in [-0.3, -0.25) is 9.69 Å². The van der Waals surface area contributed by atoms with Crippen LogP contribution in [0.15, 0.2) is 24.3 Å². The summed E-state index contributed by atoms with van der Waals surface area (Å²) in [5.74, 6) is 2.83. The topological polar surface area (TPSA) is 91.9 Å². The van der Waals surface area contributed by atoms with Crippen molar-refractivity contribution in [3.63, 3.8) is 0 Å². The average Bonchev–Trinajstić information content (AvgIpc) is 2.86. The fourth-order valence-electron chi connectivity index (χ4n) is 3.82. The number of ether oxygens (including phenoxy) is 2. The number of piperazine rings is 1. The van der Waals surface area contributed by atoms with E-state index in [-0.39, 0.29) is 12.1 Å². The summed E-state index contributed by atoms with van der Waals surface area (Å²) in [5.41, 5.74) is 0.919. The molecule has 9 nitrogen and oxygen atoms in total. The van der Waals surface area contributed by atoms with E-state index in [0.717, 1.165) is 31.7 Å². The monoisotopic (exact) mass is 556 g/mol. The number of rotatable bonds is 14. The lowest BCUT2D eigenvalue weighted by Gasteiger charge is -2.34.